The number of nitrogens with zero attached hydrogens (tertiary/aromatic N) is 1. The summed E-state index contributed by atoms with van der Waals surface area (Å²) in [7, 11) is 0. The summed E-state index contributed by atoms with van der Waals surface area (Å²) in [5.74, 6) is -1.62. The fourth-order valence-electron chi connectivity index (χ4n) is 2.86. The molecule has 1 N–H and O–H groups in total. The van der Waals surface area contributed by atoms with Crippen LogP contribution in [-0.2, 0) is 11.2 Å². The summed E-state index contributed by atoms with van der Waals surface area (Å²) in [4.78, 5) is 14.1. The van der Waals surface area contributed by atoms with E-state index < -0.39 is 11.6 Å². The molecule has 114 valence electrons. The van der Waals surface area contributed by atoms with Crippen LogP contribution in [0.1, 0.15) is 12.5 Å². The molecule has 3 nitrogen and oxygen atoms in total. The summed E-state index contributed by atoms with van der Waals surface area (Å²) in [5, 5.41) is 2.57. The third-order valence-corrected chi connectivity index (χ3v) is 3.86. The molecule has 0 fully saturated rings. The molecule has 2 aromatic rings. The lowest BCUT2D eigenvalue weighted by Gasteiger charge is -2.23. The van der Waals surface area contributed by atoms with Crippen molar-refractivity contribution < 1.29 is 13.6 Å². The molecule has 0 spiro atoms. The van der Waals surface area contributed by atoms with E-state index in [1.807, 2.05) is 31.2 Å². The number of hydrogen-bond acceptors (Lipinski definition) is 2. The third-order valence-electron chi connectivity index (χ3n) is 3.86. The van der Waals surface area contributed by atoms with Gasteiger partial charge < -0.3 is 10.2 Å². The maximum atomic E-state index is 13.6. The molecule has 2 aromatic carbocycles. The van der Waals surface area contributed by atoms with Gasteiger partial charge in [0, 0.05) is 11.7 Å². The van der Waals surface area contributed by atoms with E-state index in [0.29, 0.717) is 0 Å². The topological polar surface area (TPSA) is 32.3 Å². The Morgan fingerprint density at radius 3 is 2.59 bits per heavy atom. The van der Waals surface area contributed by atoms with E-state index in [2.05, 4.69) is 5.32 Å². The molecule has 22 heavy (non-hydrogen) atoms. The van der Waals surface area contributed by atoms with Gasteiger partial charge in [0.2, 0.25) is 5.91 Å². The summed E-state index contributed by atoms with van der Waals surface area (Å²) in [5.41, 5.74) is 1.72. The number of hydrogen-bond donors (Lipinski definition) is 1. The normalized spacial score (nSPS) is 16.5. The van der Waals surface area contributed by atoms with E-state index in [-0.39, 0.29) is 24.2 Å². The van der Waals surface area contributed by atoms with Crippen molar-refractivity contribution >= 4 is 17.3 Å². The summed E-state index contributed by atoms with van der Waals surface area (Å²) < 4.78 is 27.1. The number of anilines is 2. The van der Waals surface area contributed by atoms with Gasteiger partial charge in [-0.3, -0.25) is 4.79 Å². The average molecular weight is 302 g/mol. The fourth-order valence-corrected chi connectivity index (χ4v) is 2.86. The van der Waals surface area contributed by atoms with Gasteiger partial charge in [-0.05, 0) is 37.1 Å². The van der Waals surface area contributed by atoms with Gasteiger partial charge in [-0.2, -0.15) is 0 Å². The lowest BCUT2D eigenvalue weighted by Crippen LogP contribution is -2.39. The molecular weight excluding hydrogens is 286 g/mol. The first-order valence-electron chi connectivity index (χ1n) is 7.16. The van der Waals surface area contributed by atoms with E-state index in [0.717, 1.165) is 29.8 Å². The van der Waals surface area contributed by atoms with Gasteiger partial charge in [-0.25, -0.2) is 8.78 Å². The van der Waals surface area contributed by atoms with Crippen LogP contribution in [0, 0.1) is 11.6 Å². The molecule has 0 saturated heterocycles. The maximum Gasteiger partial charge on any atom is 0.246 e. The minimum absolute atomic E-state index is 0.0390. The first kappa shape index (κ1) is 14.5. The molecule has 1 aliphatic heterocycles. The highest BCUT2D eigenvalue weighted by Gasteiger charge is 2.30. The van der Waals surface area contributed by atoms with Gasteiger partial charge in [0.1, 0.15) is 17.3 Å². The molecular formula is C17H16F2N2O. The highest BCUT2D eigenvalue weighted by Crippen LogP contribution is 2.31. The standard InChI is InChI=1S/C17H16F2N2O/c1-11-9-12-5-2-3-8-15(12)21(11)16(22)10-20-17-13(18)6-4-7-14(17)19/h2-8,11,20H,9-10H2,1H3. The van der Waals surface area contributed by atoms with E-state index in [9.17, 15) is 13.6 Å². The molecule has 3 rings (SSSR count). The minimum Gasteiger partial charge on any atom is -0.371 e. The van der Waals surface area contributed by atoms with Crippen LogP contribution in [0.3, 0.4) is 0 Å². The minimum atomic E-state index is -0.706. The molecule has 1 heterocycles. The van der Waals surface area contributed by atoms with Crippen molar-refractivity contribution in [2.45, 2.75) is 19.4 Å². The monoisotopic (exact) mass is 302 g/mol. The smallest absolute Gasteiger partial charge is 0.246 e. The van der Waals surface area contributed by atoms with Crippen LogP contribution in [0.2, 0.25) is 0 Å². The zero-order valence-electron chi connectivity index (χ0n) is 12.1. The zero-order valence-corrected chi connectivity index (χ0v) is 12.1. The maximum absolute atomic E-state index is 13.6. The number of nitrogens with one attached hydrogen (secondary N) is 1. The lowest BCUT2D eigenvalue weighted by atomic mass is 10.1. The molecule has 1 unspecified atom stereocenters. The van der Waals surface area contributed by atoms with Gasteiger partial charge in [-0.15, -0.1) is 0 Å². The van der Waals surface area contributed by atoms with Crippen LogP contribution in [0.5, 0.6) is 0 Å². The van der Waals surface area contributed by atoms with Crippen molar-refractivity contribution in [3.8, 4) is 0 Å². The molecule has 1 aliphatic rings. The SMILES string of the molecule is CC1Cc2ccccc2N1C(=O)CNc1c(F)cccc1F. The van der Waals surface area contributed by atoms with Crippen LogP contribution in [-0.4, -0.2) is 18.5 Å². The number of carbonyl (C=O) groups is 1. The Balaban J connectivity index is 1.76. The van der Waals surface area contributed by atoms with Gasteiger partial charge in [-0.1, -0.05) is 24.3 Å². The van der Waals surface area contributed by atoms with Gasteiger partial charge in [0.15, 0.2) is 0 Å². The molecule has 1 amide bonds. The summed E-state index contributed by atoms with van der Waals surface area (Å²) >= 11 is 0. The number of para-hydroxylation sites is 2. The first-order chi connectivity index (χ1) is 10.6. The van der Waals surface area contributed by atoms with E-state index in [1.54, 1.807) is 4.90 Å². The summed E-state index contributed by atoms with van der Waals surface area (Å²) in [6.07, 6.45) is 0.788. The van der Waals surface area contributed by atoms with Crippen LogP contribution in [0.15, 0.2) is 42.5 Å². The first-order valence-corrected chi connectivity index (χ1v) is 7.16. The van der Waals surface area contributed by atoms with Crippen LogP contribution < -0.4 is 10.2 Å². The van der Waals surface area contributed by atoms with Crippen LogP contribution in [0.25, 0.3) is 0 Å². The zero-order chi connectivity index (χ0) is 15.7. The highest BCUT2D eigenvalue weighted by atomic mass is 19.1. The second kappa shape index (κ2) is 5.75. The van der Waals surface area contributed by atoms with Crippen molar-refractivity contribution in [2.75, 3.05) is 16.8 Å². The lowest BCUT2D eigenvalue weighted by molar-refractivity contribution is -0.117. The number of amides is 1. The predicted octanol–water partition coefficient (Wildman–Crippen LogP) is 3.35. The van der Waals surface area contributed by atoms with E-state index in [4.69, 9.17) is 0 Å². The largest absolute Gasteiger partial charge is 0.371 e. The third kappa shape index (κ3) is 2.54. The quantitative estimate of drug-likeness (QED) is 0.943. The van der Waals surface area contributed by atoms with E-state index >= 15 is 0 Å². The van der Waals surface area contributed by atoms with Crippen LogP contribution in [0.4, 0.5) is 20.2 Å². The van der Waals surface area contributed by atoms with Crippen LogP contribution >= 0.6 is 0 Å². The van der Waals surface area contributed by atoms with E-state index in [1.165, 1.54) is 6.07 Å². The Hall–Kier alpha value is -2.43. The van der Waals surface area contributed by atoms with Crippen molar-refractivity contribution in [1.82, 2.24) is 0 Å². The Kier molecular flexibility index (Phi) is 3.79. The number of rotatable bonds is 3. The van der Waals surface area contributed by atoms with Crippen molar-refractivity contribution in [2.24, 2.45) is 0 Å². The Morgan fingerprint density at radius 1 is 1.18 bits per heavy atom. The Morgan fingerprint density at radius 2 is 1.86 bits per heavy atom. The van der Waals surface area contributed by atoms with Crippen molar-refractivity contribution in [1.29, 1.82) is 0 Å². The number of benzene rings is 2. The molecule has 0 radical (unpaired) electrons. The fraction of sp³-hybridized carbons (Fsp3) is 0.235. The summed E-state index contributed by atoms with van der Waals surface area (Å²) in [6, 6.07) is 11.3. The molecule has 0 saturated carbocycles. The number of halogens is 2. The molecule has 0 aliphatic carbocycles. The van der Waals surface area contributed by atoms with Crippen molar-refractivity contribution in [3.05, 3.63) is 59.7 Å². The van der Waals surface area contributed by atoms with Gasteiger partial charge >= 0.3 is 0 Å². The van der Waals surface area contributed by atoms with Crippen molar-refractivity contribution in [3.63, 3.8) is 0 Å². The second-order valence-electron chi connectivity index (χ2n) is 5.40. The second-order valence-corrected chi connectivity index (χ2v) is 5.40. The highest BCUT2D eigenvalue weighted by molar-refractivity contribution is 5.98. The molecule has 0 aromatic heterocycles. The average Bonchev–Trinajstić information content (AvgIpc) is 2.82. The van der Waals surface area contributed by atoms with Gasteiger partial charge in [0.25, 0.3) is 0 Å². The summed E-state index contributed by atoms with van der Waals surface area (Å²) in [6.45, 7) is 1.80. The number of fused-ring (bicyclic) bond motifs is 1. The predicted molar refractivity (Wildman–Crippen MR) is 81.9 cm³/mol. The van der Waals surface area contributed by atoms with Gasteiger partial charge in [0.05, 0.1) is 6.54 Å². The Labute approximate surface area is 127 Å². The Bertz CT molecular complexity index is 697. The number of carbonyl (C=O) groups excluding carboxylic acids is 1. The molecule has 0 bridgehead atoms. The molecule has 5 heteroatoms. The molecule has 1 atom stereocenters.